The van der Waals surface area contributed by atoms with Crippen LogP contribution in [0, 0.1) is 4.91 Å². The lowest BCUT2D eigenvalue weighted by Gasteiger charge is -2.16. The van der Waals surface area contributed by atoms with E-state index in [1.165, 1.54) is 17.2 Å². The Morgan fingerprint density at radius 2 is 1.75 bits per heavy atom. The first kappa shape index (κ1) is 19.1. The molecule has 0 saturated heterocycles. The molecule has 2 amide bonds. The van der Waals surface area contributed by atoms with Gasteiger partial charge in [-0.2, -0.15) is 4.91 Å². The summed E-state index contributed by atoms with van der Waals surface area (Å²) in [4.78, 5) is 23.2. The van der Waals surface area contributed by atoms with Crippen LogP contribution in [-0.4, -0.2) is 14.4 Å². The number of hydrogen-bond donors (Lipinski definition) is 2. The number of aryl methyl sites for hydroxylation is 2. The van der Waals surface area contributed by atoms with Crippen LogP contribution >= 0.6 is 11.3 Å². The van der Waals surface area contributed by atoms with Gasteiger partial charge in [-0.05, 0) is 84.7 Å². The van der Waals surface area contributed by atoms with Crippen molar-refractivity contribution in [2.45, 2.75) is 55.7 Å². The van der Waals surface area contributed by atoms with Crippen LogP contribution in [0.5, 0.6) is 0 Å². The van der Waals surface area contributed by atoms with Crippen molar-refractivity contribution in [1.82, 2.24) is 4.72 Å². The highest BCUT2D eigenvalue weighted by Gasteiger charge is 2.27. The molecule has 0 aliphatic heterocycles. The minimum Gasteiger partial charge on any atom is -0.307 e. The molecule has 4 rings (SSSR count). The molecule has 2 N–H and O–H groups in total. The second kappa shape index (κ2) is 7.29. The molecule has 1 aromatic carbocycles. The number of thiophene rings is 1. The van der Waals surface area contributed by atoms with E-state index in [1.807, 2.05) is 0 Å². The Balaban J connectivity index is 1.55. The van der Waals surface area contributed by atoms with Gasteiger partial charge in [-0.3, -0.25) is 0 Å². The number of hydrogen-bond acceptors (Lipinski definition) is 6. The van der Waals surface area contributed by atoms with Crippen LogP contribution in [-0.2, 0) is 35.7 Å². The molecule has 0 fully saturated rings. The fraction of sp³-hybridized carbons (Fsp3) is 0.421. The maximum atomic E-state index is 12.6. The zero-order valence-corrected chi connectivity index (χ0v) is 17.1. The first-order valence-corrected chi connectivity index (χ1v) is 11.7. The van der Waals surface area contributed by atoms with E-state index >= 15 is 0 Å². The molecule has 1 heterocycles. The number of rotatable bonds is 5. The predicted octanol–water partition coefficient (Wildman–Crippen LogP) is 4.06. The van der Waals surface area contributed by atoms with E-state index in [0.29, 0.717) is 5.56 Å². The number of urea groups is 1. The van der Waals surface area contributed by atoms with E-state index in [4.69, 9.17) is 0 Å². The quantitative estimate of drug-likeness (QED) is 0.713. The Morgan fingerprint density at radius 3 is 2.36 bits per heavy atom. The van der Waals surface area contributed by atoms with Gasteiger partial charge in [0.25, 0.3) is 10.0 Å². The molecular weight excluding hydrogens is 398 g/mol. The fourth-order valence-electron chi connectivity index (χ4n) is 4.03. The maximum Gasteiger partial charge on any atom is 0.333 e. The molecule has 9 heteroatoms. The molecule has 2 aliphatic rings. The number of nitrogens with zero attached hydrogens (tertiary/aromatic N) is 1. The van der Waals surface area contributed by atoms with Gasteiger partial charge >= 0.3 is 6.03 Å². The number of amides is 2. The number of carbonyl (C=O) groups is 1. The highest BCUT2D eigenvalue weighted by molar-refractivity contribution is 7.92. The van der Waals surface area contributed by atoms with Crippen LogP contribution in [0.2, 0.25) is 0 Å². The molecule has 2 aromatic rings. The van der Waals surface area contributed by atoms with E-state index in [2.05, 4.69) is 21.3 Å². The van der Waals surface area contributed by atoms with Crippen molar-refractivity contribution in [3.8, 4) is 0 Å². The van der Waals surface area contributed by atoms with Crippen LogP contribution in [0.15, 0.2) is 26.9 Å². The van der Waals surface area contributed by atoms with E-state index in [9.17, 15) is 18.1 Å². The molecule has 28 heavy (non-hydrogen) atoms. The highest BCUT2D eigenvalue weighted by Crippen LogP contribution is 2.38. The summed E-state index contributed by atoms with van der Waals surface area (Å²) in [6.07, 6.45) is 5.89. The summed E-state index contributed by atoms with van der Waals surface area (Å²) in [5.41, 5.74) is 6.10. The third-order valence-corrected chi connectivity index (χ3v) is 8.23. The lowest BCUT2D eigenvalue weighted by atomic mass is 9.99. The van der Waals surface area contributed by atoms with Gasteiger partial charge in [0, 0.05) is 5.69 Å². The summed E-state index contributed by atoms with van der Waals surface area (Å²) < 4.78 is 27.2. The molecule has 1 aromatic heterocycles. The second-order valence-corrected chi connectivity index (χ2v) is 10.1. The van der Waals surface area contributed by atoms with Crippen LogP contribution in [0.4, 0.5) is 10.5 Å². The van der Waals surface area contributed by atoms with Gasteiger partial charge in [0.15, 0.2) is 0 Å². The fourth-order valence-corrected chi connectivity index (χ4v) is 6.21. The lowest BCUT2D eigenvalue weighted by molar-refractivity contribution is 0.256. The Hall–Kier alpha value is -2.26. The molecule has 0 spiro atoms. The molecule has 2 aliphatic carbocycles. The zero-order chi connectivity index (χ0) is 19.9. The number of nitroso groups, excluding NO2 is 1. The van der Waals surface area contributed by atoms with Crippen molar-refractivity contribution in [2.75, 3.05) is 5.32 Å². The Kier molecular flexibility index (Phi) is 4.96. The van der Waals surface area contributed by atoms with Crippen molar-refractivity contribution in [2.24, 2.45) is 5.18 Å². The third kappa shape index (κ3) is 3.44. The topological polar surface area (TPSA) is 105 Å². The summed E-state index contributed by atoms with van der Waals surface area (Å²) in [5.74, 6) is 0. The Labute approximate surface area is 167 Å². The lowest BCUT2D eigenvalue weighted by Crippen LogP contribution is -2.34. The van der Waals surface area contributed by atoms with E-state index in [1.54, 1.807) is 12.3 Å². The monoisotopic (exact) mass is 419 g/mol. The minimum atomic E-state index is -4.02. The van der Waals surface area contributed by atoms with E-state index in [0.717, 1.165) is 66.7 Å². The highest BCUT2D eigenvalue weighted by atomic mass is 32.2. The van der Waals surface area contributed by atoms with Crippen LogP contribution in [0.3, 0.4) is 0 Å². The molecule has 1 atom stereocenters. The zero-order valence-electron chi connectivity index (χ0n) is 15.4. The van der Waals surface area contributed by atoms with Gasteiger partial charge in [-0.25, -0.2) is 17.9 Å². The number of carbonyl (C=O) groups excluding carboxylic acids is 1. The van der Waals surface area contributed by atoms with Gasteiger partial charge in [-0.15, -0.1) is 11.3 Å². The summed E-state index contributed by atoms with van der Waals surface area (Å²) in [6.45, 7) is 1.59. The van der Waals surface area contributed by atoms with Crippen molar-refractivity contribution in [1.29, 1.82) is 0 Å². The largest absolute Gasteiger partial charge is 0.333 e. The molecule has 1 unspecified atom stereocenters. The van der Waals surface area contributed by atoms with Crippen molar-refractivity contribution >= 4 is 33.1 Å². The third-order valence-electron chi connectivity index (χ3n) is 5.44. The average Bonchev–Trinajstić information content (AvgIpc) is 3.39. The molecule has 0 radical (unpaired) electrons. The molecule has 0 bridgehead atoms. The van der Waals surface area contributed by atoms with Gasteiger partial charge in [0.2, 0.25) is 0 Å². The number of benzene rings is 1. The summed E-state index contributed by atoms with van der Waals surface area (Å²) >= 11 is 0.959. The number of nitrogens with one attached hydrogen (secondary N) is 2. The number of anilines is 1. The smallest absolute Gasteiger partial charge is 0.307 e. The summed E-state index contributed by atoms with van der Waals surface area (Å²) in [7, 11) is -4.02. The summed E-state index contributed by atoms with van der Waals surface area (Å²) in [5, 5.41) is 7.28. The van der Waals surface area contributed by atoms with Crippen LogP contribution in [0.1, 0.15) is 53.6 Å². The van der Waals surface area contributed by atoms with Gasteiger partial charge in [0.05, 0.1) is 0 Å². The first-order valence-electron chi connectivity index (χ1n) is 9.30. The predicted molar refractivity (Wildman–Crippen MR) is 108 cm³/mol. The standard InChI is InChI=1S/C19H21N3O4S2/c1-11(21-24)14-9-17(27-10-14)28(25,26)22-19(23)20-18-15-6-2-4-12(15)8-13-5-3-7-16(13)18/h8-11H,2-7H2,1H3,(H2,20,22,23). The molecule has 148 valence electrons. The van der Waals surface area contributed by atoms with Crippen LogP contribution in [0.25, 0.3) is 0 Å². The second-order valence-electron chi connectivity index (χ2n) is 7.27. The number of fused-ring (bicyclic) bond motifs is 2. The average molecular weight is 420 g/mol. The van der Waals surface area contributed by atoms with Crippen LogP contribution < -0.4 is 10.0 Å². The maximum absolute atomic E-state index is 12.6. The van der Waals surface area contributed by atoms with Gasteiger partial charge in [-0.1, -0.05) is 11.2 Å². The minimum absolute atomic E-state index is 0.0170. The van der Waals surface area contributed by atoms with Gasteiger partial charge in [0.1, 0.15) is 10.3 Å². The Morgan fingerprint density at radius 1 is 1.11 bits per heavy atom. The molecule has 0 saturated carbocycles. The normalized spacial score (nSPS) is 16.3. The SMILES string of the molecule is CC(N=O)c1csc(S(=O)(=O)NC(=O)Nc2c3c(cc4c2CCC4)CCC3)c1. The molecular formula is C19H21N3O4S2. The van der Waals surface area contributed by atoms with E-state index < -0.39 is 22.1 Å². The van der Waals surface area contributed by atoms with E-state index in [-0.39, 0.29) is 4.21 Å². The van der Waals surface area contributed by atoms with Crippen molar-refractivity contribution in [3.63, 3.8) is 0 Å². The van der Waals surface area contributed by atoms with Crippen molar-refractivity contribution in [3.05, 3.63) is 50.2 Å². The van der Waals surface area contributed by atoms with Crippen molar-refractivity contribution < 1.29 is 13.2 Å². The Bertz CT molecular complexity index is 1030. The number of sulfonamides is 1. The first-order chi connectivity index (χ1) is 13.4. The molecule has 7 nitrogen and oxygen atoms in total. The van der Waals surface area contributed by atoms with Gasteiger partial charge < -0.3 is 5.32 Å². The summed E-state index contributed by atoms with van der Waals surface area (Å²) in [6, 6.07) is 2.24.